The molecule has 108 valence electrons. The number of benzene rings is 2. The number of nitrogens with zero attached hydrogens (tertiary/aromatic N) is 1. The van der Waals surface area contributed by atoms with Crippen molar-refractivity contribution in [2.75, 3.05) is 5.32 Å². The Hall–Kier alpha value is -2.48. The fraction of sp³-hybridized carbons (Fsp3) is 0. The van der Waals surface area contributed by atoms with Gasteiger partial charge in [-0.25, -0.2) is 9.18 Å². The van der Waals surface area contributed by atoms with Crippen LogP contribution >= 0.6 is 15.9 Å². The van der Waals surface area contributed by atoms with E-state index in [-0.39, 0.29) is 21.4 Å². The lowest BCUT2D eigenvalue weighted by atomic mass is 10.2. The summed E-state index contributed by atoms with van der Waals surface area (Å²) in [5, 5.41) is 22.4. The lowest BCUT2D eigenvalue weighted by Crippen LogP contribution is -2.00. The highest BCUT2D eigenvalue weighted by Gasteiger charge is 2.17. The molecule has 0 spiro atoms. The molecule has 2 rings (SSSR count). The molecule has 0 aromatic heterocycles. The monoisotopic (exact) mass is 354 g/mol. The maximum atomic E-state index is 13.5. The SMILES string of the molecule is O=C(O)c1ccc(Nc2cc(F)c(Br)cc2[N+](=O)[O-])cc1. The molecule has 0 aliphatic carbocycles. The quantitative estimate of drug-likeness (QED) is 0.640. The molecule has 2 aromatic rings. The van der Waals surface area contributed by atoms with Gasteiger partial charge in [-0.05, 0) is 40.2 Å². The van der Waals surface area contributed by atoms with Gasteiger partial charge in [-0.1, -0.05) is 0 Å². The molecule has 0 heterocycles. The molecule has 0 fully saturated rings. The van der Waals surface area contributed by atoms with Crippen LogP contribution < -0.4 is 5.32 Å². The molecule has 2 N–H and O–H groups in total. The Morgan fingerprint density at radius 3 is 2.43 bits per heavy atom. The van der Waals surface area contributed by atoms with Crippen LogP contribution in [0, 0.1) is 15.9 Å². The van der Waals surface area contributed by atoms with Crippen LogP contribution in [-0.4, -0.2) is 16.0 Å². The smallest absolute Gasteiger partial charge is 0.335 e. The van der Waals surface area contributed by atoms with Gasteiger partial charge in [0.2, 0.25) is 0 Å². The second-order valence-corrected chi connectivity index (χ2v) is 4.90. The number of halogens is 2. The number of carbonyl (C=O) groups is 1. The zero-order chi connectivity index (χ0) is 15.6. The van der Waals surface area contributed by atoms with Crippen LogP contribution in [0.2, 0.25) is 0 Å². The molecule has 0 aliphatic rings. The molecule has 0 amide bonds. The van der Waals surface area contributed by atoms with Crippen LogP contribution in [0.1, 0.15) is 10.4 Å². The third-order valence-electron chi connectivity index (χ3n) is 2.65. The molecule has 8 heteroatoms. The lowest BCUT2D eigenvalue weighted by molar-refractivity contribution is -0.384. The van der Waals surface area contributed by atoms with Gasteiger partial charge < -0.3 is 10.4 Å². The fourth-order valence-electron chi connectivity index (χ4n) is 1.64. The van der Waals surface area contributed by atoms with Crippen LogP contribution in [0.25, 0.3) is 0 Å². The van der Waals surface area contributed by atoms with Crippen molar-refractivity contribution in [3.05, 3.63) is 62.4 Å². The Labute approximate surface area is 126 Å². The molecular formula is C13H8BrFN2O4. The number of carboxylic acids is 1. The Morgan fingerprint density at radius 2 is 1.90 bits per heavy atom. The van der Waals surface area contributed by atoms with Crippen molar-refractivity contribution in [3.63, 3.8) is 0 Å². The summed E-state index contributed by atoms with van der Waals surface area (Å²) in [5.74, 6) is -1.73. The van der Waals surface area contributed by atoms with Crippen molar-refractivity contribution < 1.29 is 19.2 Å². The minimum Gasteiger partial charge on any atom is -0.478 e. The molecule has 0 atom stereocenters. The first-order chi connectivity index (χ1) is 9.88. The Kier molecular flexibility index (Phi) is 4.18. The highest BCUT2D eigenvalue weighted by Crippen LogP contribution is 2.32. The van der Waals surface area contributed by atoms with E-state index in [0.29, 0.717) is 5.69 Å². The van der Waals surface area contributed by atoms with Gasteiger partial charge >= 0.3 is 5.97 Å². The summed E-state index contributed by atoms with van der Waals surface area (Å²) in [6, 6.07) is 7.61. The summed E-state index contributed by atoms with van der Waals surface area (Å²) in [6.07, 6.45) is 0. The average molecular weight is 355 g/mol. The molecule has 0 aliphatic heterocycles. The Bertz CT molecular complexity index is 719. The van der Waals surface area contributed by atoms with Crippen LogP contribution in [0.15, 0.2) is 40.9 Å². The second-order valence-electron chi connectivity index (χ2n) is 4.05. The summed E-state index contributed by atoms with van der Waals surface area (Å²) < 4.78 is 13.5. The molecule has 0 saturated heterocycles. The van der Waals surface area contributed by atoms with Gasteiger partial charge in [0.05, 0.1) is 15.0 Å². The van der Waals surface area contributed by atoms with Gasteiger partial charge in [0.15, 0.2) is 0 Å². The highest BCUT2D eigenvalue weighted by atomic mass is 79.9. The number of aromatic carboxylic acids is 1. The molecule has 21 heavy (non-hydrogen) atoms. The van der Waals surface area contributed by atoms with Crippen molar-refractivity contribution in [3.8, 4) is 0 Å². The summed E-state index contributed by atoms with van der Waals surface area (Å²) in [7, 11) is 0. The normalized spacial score (nSPS) is 10.2. The summed E-state index contributed by atoms with van der Waals surface area (Å²) >= 11 is 2.89. The average Bonchev–Trinajstić information content (AvgIpc) is 2.43. The third-order valence-corrected chi connectivity index (χ3v) is 3.25. The topological polar surface area (TPSA) is 92.5 Å². The van der Waals surface area contributed by atoms with E-state index in [1.54, 1.807) is 0 Å². The van der Waals surface area contributed by atoms with Crippen LogP contribution in [0.4, 0.5) is 21.5 Å². The zero-order valence-electron chi connectivity index (χ0n) is 10.3. The van der Waals surface area contributed by atoms with Crippen molar-refractivity contribution in [2.45, 2.75) is 0 Å². The van der Waals surface area contributed by atoms with Crippen LogP contribution in [0.5, 0.6) is 0 Å². The van der Waals surface area contributed by atoms with E-state index in [1.807, 2.05) is 0 Å². The first-order valence-electron chi connectivity index (χ1n) is 5.62. The van der Waals surface area contributed by atoms with E-state index in [0.717, 1.165) is 12.1 Å². The lowest BCUT2D eigenvalue weighted by Gasteiger charge is -2.08. The number of nitro benzene ring substituents is 1. The molecule has 6 nitrogen and oxygen atoms in total. The number of rotatable bonds is 4. The predicted molar refractivity (Wildman–Crippen MR) is 77.4 cm³/mol. The molecule has 0 radical (unpaired) electrons. The van der Waals surface area contributed by atoms with E-state index in [1.165, 1.54) is 24.3 Å². The zero-order valence-corrected chi connectivity index (χ0v) is 11.9. The second kappa shape index (κ2) is 5.88. The molecular weight excluding hydrogens is 347 g/mol. The first-order valence-corrected chi connectivity index (χ1v) is 6.41. The molecule has 0 unspecified atom stereocenters. The largest absolute Gasteiger partial charge is 0.478 e. The van der Waals surface area contributed by atoms with Crippen molar-refractivity contribution in [1.29, 1.82) is 0 Å². The van der Waals surface area contributed by atoms with Crippen molar-refractivity contribution >= 4 is 39.0 Å². The van der Waals surface area contributed by atoms with E-state index >= 15 is 0 Å². The molecule has 0 bridgehead atoms. The number of nitro groups is 1. The van der Waals surface area contributed by atoms with Gasteiger partial charge in [0.25, 0.3) is 5.69 Å². The van der Waals surface area contributed by atoms with Crippen LogP contribution in [0.3, 0.4) is 0 Å². The number of hydrogen-bond donors (Lipinski definition) is 2. The molecule has 2 aromatic carbocycles. The van der Waals surface area contributed by atoms with E-state index in [2.05, 4.69) is 21.2 Å². The number of hydrogen-bond acceptors (Lipinski definition) is 4. The van der Waals surface area contributed by atoms with E-state index in [9.17, 15) is 19.3 Å². The predicted octanol–water partition coefficient (Wildman–Crippen LogP) is 3.94. The van der Waals surface area contributed by atoms with Gasteiger partial charge in [-0.15, -0.1) is 0 Å². The molecule has 0 saturated carbocycles. The summed E-state index contributed by atoms with van der Waals surface area (Å²) in [6.45, 7) is 0. The Balaban J connectivity index is 2.36. The minimum atomic E-state index is -1.08. The van der Waals surface area contributed by atoms with Gasteiger partial charge in [-0.2, -0.15) is 0 Å². The number of carboxylic acid groups (broad SMARTS) is 1. The van der Waals surface area contributed by atoms with Gasteiger partial charge in [0, 0.05) is 17.8 Å². The first kappa shape index (κ1) is 14.9. The highest BCUT2D eigenvalue weighted by molar-refractivity contribution is 9.10. The Morgan fingerprint density at radius 1 is 1.29 bits per heavy atom. The van der Waals surface area contributed by atoms with E-state index in [4.69, 9.17) is 5.11 Å². The maximum absolute atomic E-state index is 13.5. The van der Waals surface area contributed by atoms with E-state index < -0.39 is 16.7 Å². The summed E-state index contributed by atoms with van der Waals surface area (Å²) in [5.41, 5.74) is 0.163. The third kappa shape index (κ3) is 3.34. The van der Waals surface area contributed by atoms with Gasteiger partial charge in [0.1, 0.15) is 11.5 Å². The standard InChI is InChI=1S/C13H8BrFN2O4/c14-9-5-12(17(20)21)11(6-10(9)15)16-8-3-1-7(2-4-8)13(18)19/h1-6,16H,(H,18,19). The van der Waals surface area contributed by atoms with Gasteiger partial charge in [-0.3, -0.25) is 10.1 Å². The minimum absolute atomic E-state index is 0.0130. The van der Waals surface area contributed by atoms with Crippen molar-refractivity contribution in [2.24, 2.45) is 0 Å². The number of anilines is 2. The van der Waals surface area contributed by atoms with Crippen LogP contribution in [-0.2, 0) is 0 Å². The fourth-order valence-corrected chi connectivity index (χ4v) is 1.97. The van der Waals surface area contributed by atoms with Crippen molar-refractivity contribution in [1.82, 2.24) is 0 Å². The number of nitrogens with one attached hydrogen (secondary N) is 1. The maximum Gasteiger partial charge on any atom is 0.335 e. The summed E-state index contributed by atoms with van der Waals surface area (Å²) in [4.78, 5) is 21.1.